The van der Waals surface area contributed by atoms with Gasteiger partial charge in [0.05, 0.1) is 0 Å². The number of aryl methyl sites for hydroxylation is 1. The molecule has 1 aromatic rings. The zero-order valence-corrected chi connectivity index (χ0v) is 9.98. The molecule has 2 nitrogen and oxygen atoms in total. The zero-order valence-electron chi connectivity index (χ0n) is 6.86. The average molecular weight is 242 g/mol. The maximum absolute atomic E-state index is 8.36. The zero-order chi connectivity index (χ0) is 8.69. The summed E-state index contributed by atoms with van der Waals surface area (Å²) >= 11 is 1.91. The van der Waals surface area contributed by atoms with E-state index < -0.39 is 0 Å². The van der Waals surface area contributed by atoms with Crippen LogP contribution in [0.4, 0.5) is 0 Å². The third kappa shape index (κ3) is 8.04. The number of carbonyl (C=O) groups is 1. The van der Waals surface area contributed by atoms with Crippen LogP contribution in [0.3, 0.4) is 0 Å². The van der Waals surface area contributed by atoms with Crippen molar-refractivity contribution in [1.29, 1.82) is 0 Å². The van der Waals surface area contributed by atoms with Gasteiger partial charge >= 0.3 is 62.2 Å². The predicted octanol–water partition coefficient (Wildman–Crippen LogP) is 1.07. The Morgan fingerprint density at radius 2 is 1.67 bits per heavy atom. The predicted molar refractivity (Wildman–Crippen MR) is 55.6 cm³/mol. The summed E-state index contributed by atoms with van der Waals surface area (Å²) in [5.74, 6) is 0. The van der Waals surface area contributed by atoms with Crippen LogP contribution in [-0.2, 0) is 4.79 Å². The molecule has 0 unspecified atom stereocenters. The fraction of sp³-hybridized carbons (Fsp3) is 0.125. The molecule has 62 valence electrons. The average Bonchev–Trinajstić information content (AvgIpc) is 1.97. The van der Waals surface area contributed by atoms with E-state index in [1.54, 1.807) is 0 Å². The molecule has 1 aromatic carbocycles. The molecular formula is C8H10BrMgO2+. The molecule has 0 fully saturated rings. The molecule has 0 atom stereocenters. The Kier molecular flexibility index (Phi) is 10.9. The van der Waals surface area contributed by atoms with Crippen molar-refractivity contribution in [3.05, 3.63) is 29.8 Å². The second-order valence-electron chi connectivity index (χ2n) is 2.09. The third-order valence-corrected chi connectivity index (χ3v) is 1.59. The second-order valence-corrected chi connectivity index (χ2v) is 2.91. The van der Waals surface area contributed by atoms with Crippen molar-refractivity contribution in [3.8, 4) is 0 Å². The first-order valence-electron chi connectivity index (χ1n) is 3.17. The number of hydrogen-bond acceptors (Lipinski definition) is 1. The molecule has 0 saturated carbocycles. The van der Waals surface area contributed by atoms with E-state index in [2.05, 4.69) is 31.2 Å². The third-order valence-electron chi connectivity index (χ3n) is 1.12. The van der Waals surface area contributed by atoms with E-state index in [0.717, 1.165) is 0 Å². The first kappa shape index (κ1) is 14.5. The van der Waals surface area contributed by atoms with Gasteiger partial charge in [-0.2, -0.15) is 0 Å². The summed E-state index contributed by atoms with van der Waals surface area (Å²) in [5.41, 5.74) is 1.33. The van der Waals surface area contributed by atoms with Gasteiger partial charge in [0.15, 0.2) is 0 Å². The van der Waals surface area contributed by atoms with Gasteiger partial charge in [-0.1, -0.05) is 0 Å². The maximum Gasteiger partial charge on any atom is 0.290 e. The number of benzene rings is 1. The van der Waals surface area contributed by atoms with Crippen LogP contribution >= 0.6 is 17.0 Å². The molecule has 0 radical (unpaired) electrons. The Balaban J connectivity index is 0. The Hall–Kier alpha value is -0.0638. The molecule has 0 aliphatic heterocycles. The summed E-state index contributed by atoms with van der Waals surface area (Å²) in [7, 11) is 0. The first-order valence-corrected chi connectivity index (χ1v) is 3.88. The molecule has 0 amide bonds. The summed E-state index contributed by atoms with van der Waals surface area (Å²) in [6, 6.07) is 8.52. The Morgan fingerprint density at radius 1 is 1.33 bits per heavy atom. The van der Waals surface area contributed by atoms with Crippen molar-refractivity contribution in [2.24, 2.45) is 0 Å². The van der Waals surface area contributed by atoms with E-state index in [1.165, 1.54) is 9.26 Å². The summed E-state index contributed by atoms with van der Waals surface area (Å²) in [4.78, 5) is 8.36. The molecule has 0 spiro atoms. The molecular weight excluding hydrogens is 232 g/mol. The van der Waals surface area contributed by atoms with Gasteiger partial charge in [-0.3, -0.25) is 4.79 Å². The van der Waals surface area contributed by atoms with E-state index in [4.69, 9.17) is 9.90 Å². The summed E-state index contributed by atoms with van der Waals surface area (Å²) in [6.07, 6.45) is 0. The van der Waals surface area contributed by atoms with Crippen molar-refractivity contribution >= 4 is 48.9 Å². The largest absolute Gasteiger partial charge is 0.483 e. The van der Waals surface area contributed by atoms with E-state index in [0.29, 0.717) is 0 Å². The van der Waals surface area contributed by atoms with Crippen molar-refractivity contribution < 1.29 is 9.90 Å². The molecule has 0 aliphatic rings. The fourth-order valence-electron chi connectivity index (χ4n) is 0.588. The van der Waals surface area contributed by atoms with Gasteiger partial charge in [-0.15, -0.1) is 17.0 Å². The van der Waals surface area contributed by atoms with Crippen LogP contribution < -0.4 is 3.69 Å². The standard InChI is InChI=1S/C7H7.CH2O2.BrH.Mg/c1-7-5-3-2-4-6-7;2-1-3;;/h3-6H,1H3;1H,(H,2,3);1H;/q;;;+1. The summed E-state index contributed by atoms with van der Waals surface area (Å²) < 4.78 is 1.36. The Morgan fingerprint density at radius 3 is 1.92 bits per heavy atom. The van der Waals surface area contributed by atoms with Crippen LogP contribution in [0.15, 0.2) is 24.3 Å². The van der Waals surface area contributed by atoms with Crippen LogP contribution in [0, 0.1) is 6.92 Å². The summed E-state index contributed by atoms with van der Waals surface area (Å²) in [6.45, 7) is 1.85. The SMILES string of the molecule is Br.Cc1cc[c]([Mg+])cc1.O=CO. The Labute approximate surface area is 95.2 Å². The quantitative estimate of drug-likeness (QED) is 0.546. The van der Waals surface area contributed by atoms with Crippen molar-refractivity contribution in [2.75, 3.05) is 0 Å². The number of halogens is 1. The van der Waals surface area contributed by atoms with Crippen LogP contribution in [0.2, 0.25) is 0 Å². The molecule has 0 bridgehead atoms. The molecule has 0 aromatic heterocycles. The number of rotatable bonds is 0. The normalized spacial score (nSPS) is 7.25. The molecule has 12 heavy (non-hydrogen) atoms. The van der Waals surface area contributed by atoms with Gasteiger partial charge in [-0.25, -0.2) is 0 Å². The van der Waals surface area contributed by atoms with Crippen LogP contribution in [-0.4, -0.2) is 33.3 Å². The van der Waals surface area contributed by atoms with Gasteiger partial charge in [0.2, 0.25) is 0 Å². The molecule has 0 aliphatic carbocycles. The van der Waals surface area contributed by atoms with Gasteiger partial charge in [0, 0.05) is 0 Å². The number of hydrogen-bond donors (Lipinski definition) is 1. The van der Waals surface area contributed by atoms with Crippen molar-refractivity contribution in [1.82, 2.24) is 0 Å². The van der Waals surface area contributed by atoms with E-state index in [9.17, 15) is 0 Å². The van der Waals surface area contributed by atoms with E-state index >= 15 is 0 Å². The van der Waals surface area contributed by atoms with Crippen LogP contribution in [0.1, 0.15) is 5.56 Å². The monoisotopic (exact) mass is 241 g/mol. The smallest absolute Gasteiger partial charge is 0.290 e. The number of carboxylic acid groups (broad SMARTS) is 1. The topological polar surface area (TPSA) is 37.3 Å². The van der Waals surface area contributed by atoms with Gasteiger partial charge in [-0.05, 0) is 0 Å². The molecule has 4 heteroatoms. The van der Waals surface area contributed by atoms with Crippen LogP contribution in [0.5, 0.6) is 0 Å². The fourth-order valence-corrected chi connectivity index (χ4v) is 0.824. The van der Waals surface area contributed by atoms with Crippen molar-refractivity contribution in [3.63, 3.8) is 0 Å². The second kappa shape index (κ2) is 9.03. The van der Waals surface area contributed by atoms with E-state index in [1.807, 2.05) is 21.7 Å². The molecule has 0 heterocycles. The minimum atomic E-state index is -0.250. The van der Waals surface area contributed by atoms with Crippen molar-refractivity contribution in [2.45, 2.75) is 6.92 Å². The van der Waals surface area contributed by atoms with Gasteiger partial charge in [0.25, 0.3) is 6.47 Å². The minimum Gasteiger partial charge on any atom is -0.483 e. The minimum absolute atomic E-state index is 0. The van der Waals surface area contributed by atoms with E-state index in [-0.39, 0.29) is 23.5 Å². The maximum atomic E-state index is 8.36. The summed E-state index contributed by atoms with van der Waals surface area (Å²) in [5, 5.41) is 6.89. The van der Waals surface area contributed by atoms with Crippen LogP contribution in [0.25, 0.3) is 0 Å². The molecule has 0 saturated heterocycles. The molecule has 1 N–H and O–H groups in total. The van der Waals surface area contributed by atoms with Gasteiger partial charge < -0.3 is 5.11 Å². The molecule has 1 rings (SSSR count). The Bertz CT molecular complexity index is 190. The van der Waals surface area contributed by atoms with Gasteiger partial charge in [0.1, 0.15) is 0 Å². The first-order chi connectivity index (χ1) is 5.20.